The molecule has 2 heteroatoms. The van der Waals surface area contributed by atoms with E-state index in [2.05, 4.69) is 43.0 Å². The van der Waals surface area contributed by atoms with Crippen LogP contribution in [0.15, 0.2) is 49.1 Å². The van der Waals surface area contributed by atoms with Crippen molar-refractivity contribution < 1.29 is 4.74 Å². The Hall–Kier alpha value is -1.80. The first kappa shape index (κ1) is 14.6. The van der Waals surface area contributed by atoms with Crippen LogP contribution in [0, 0.1) is 0 Å². The van der Waals surface area contributed by atoms with Crippen molar-refractivity contribution in [3.63, 3.8) is 0 Å². The molecule has 0 saturated carbocycles. The fourth-order valence-electron chi connectivity index (χ4n) is 2.39. The van der Waals surface area contributed by atoms with Gasteiger partial charge in [-0.05, 0) is 43.0 Å². The van der Waals surface area contributed by atoms with Crippen LogP contribution in [0.1, 0.15) is 25.3 Å². The first-order valence-corrected chi connectivity index (χ1v) is 7.22. The summed E-state index contributed by atoms with van der Waals surface area (Å²) >= 11 is 0. The molecule has 0 spiro atoms. The van der Waals surface area contributed by atoms with Crippen molar-refractivity contribution in [1.82, 2.24) is 0 Å². The molecule has 0 saturated heterocycles. The molecule has 0 fully saturated rings. The number of ether oxygens (including phenoxy) is 1. The molecule has 0 aromatic heterocycles. The maximum absolute atomic E-state index is 5.99. The summed E-state index contributed by atoms with van der Waals surface area (Å²) in [6.07, 6.45) is 4.73. The Morgan fingerprint density at radius 2 is 2.05 bits per heavy atom. The lowest BCUT2D eigenvalue weighted by atomic mass is 9.98. The van der Waals surface area contributed by atoms with Gasteiger partial charge in [0, 0.05) is 11.6 Å². The molecule has 0 radical (unpaired) electrons. The third kappa shape index (κ3) is 3.61. The van der Waals surface area contributed by atoms with Crippen molar-refractivity contribution >= 4 is 10.8 Å². The second kappa shape index (κ2) is 7.11. The van der Waals surface area contributed by atoms with Gasteiger partial charge in [0.15, 0.2) is 0 Å². The standard InChI is InChI=1S/C18H23NO/c1-3-4-7-12-20-18-11-10-15-8-5-6-9-16(15)17(18)13-14(2)19/h3,5-6,8-11,14H,1,4,7,12-13,19H2,2H3. The van der Waals surface area contributed by atoms with Gasteiger partial charge in [-0.2, -0.15) is 0 Å². The van der Waals surface area contributed by atoms with E-state index in [1.807, 2.05) is 13.0 Å². The van der Waals surface area contributed by atoms with Gasteiger partial charge in [-0.3, -0.25) is 0 Å². The molecule has 106 valence electrons. The minimum atomic E-state index is 0.122. The van der Waals surface area contributed by atoms with Crippen LogP contribution in [0.4, 0.5) is 0 Å². The van der Waals surface area contributed by atoms with Gasteiger partial charge < -0.3 is 10.5 Å². The summed E-state index contributed by atoms with van der Waals surface area (Å²) in [5.74, 6) is 0.963. The quantitative estimate of drug-likeness (QED) is 0.607. The highest BCUT2D eigenvalue weighted by molar-refractivity contribution is 5.87. The van der Waals surface area contributed by atoms with Crippen LogP contribution >= 0.6 is 0 Å². The molecule has 0 heterocycles. The second-order valence-electron chi connectivity index (χ2n) is 5.22. The molecule has 0 aliphatic heterocycles. The van der Waals surface area contributed by atoms with E-state index in [9.17, 15) is 0 Å². The first-order valence-electron chi connectivity index (χ1n) is 7.22. The van der Waals surface area contributed by atoms with E-state index in [0.717, 1.165) is 31.6 Å². The van der Waals surface area contributed by atoms with Gasteiger partial charge in [0.1, 0.15) is 5.75 Å². The molecule has 1 atom stereocenters. The van der Waals surface area contributed by atoms with E-state index in [-0.39, 0.29) is 6.04 Å². The normalized spacial score (nSPS) is 12.3. The third-order valence-electron chi connectivity index (χ3n) is 3.33. The Kier molecular flexibility index (Phi) is 5.19. The van der Waals surface area contributed by atoms with Crippen LogP contribution in [0.5, 0.6) is 5.75 Å². The third-order valence-corrected chi connectivity index (χ3v) is 3.33. The van der Waals surface area contributed by atoms with E-state index >= 15 is 0 Å². The number of rotatable bonds is 7. The van der Waals surface area contributed by atoms with Gasteiger partial charge in [-0.1, -0.05) is 36.4 Å². The fraction of sp³-hybridized carbons (Fsp3) is 0.333. The summed E-state index contributed by atoms with van der Waals surface area (Å²) in [4.78, 5) is 0. The van der Waals surface area contributed by atoms with Gasteiger partial charge in [-0.15, -0.1) is 6.58 Å². The van der Waals surface area contributed by atoms with Crippen LogP contribution in [0.25, 0.3) is 10.8 Å². The lowest BCUT2D eigenvalue weighted by Gasteiger charge is -2.15. The number of hydrogen-bond donors (Lipinski definition) is 1. The number of fused-ring (bicyclic) bond motifs is 1. The number of allylic oxidation sites excluding steroid dienone is 1. The summed E-state index contributed by atoms with van der Waals surface area (Å²) < 4.78 is 5.94. The first-order chi connectivity index (χ1) is 9.72. The van der Waals surface area contributed by atoms with Gasteiger partial charge >= 0.3 is 0 Å². The lowest BCUT2D eigenvalue weighted by molar-refractivity contribution is 0.309. The van der Waals surface area contributed by atoms with Crippen molar-refractivity contribution in [2.45, 2.75) is 32.2 Å². The van der Waals surface area contributed by atoms with Crippen molar-refractivity contribution in [3.8, 4) is 5.75 Å². The molecular weight excluding hydrogens is 246 g/mol. The summed E-state index contributed by atoms with van der Waals surface area (Å²) in [7, 11) is 0. The predicted octanol–water partition coefficient (Wildman–Crippen LogP) is 4.07. The predicted molar refractivity (Wildman–Crippen MR) is 86.2 cm³/mol. The highest BCUT2D eigenvalue weighted by Crippen LogP contribution is 2.29. The molecule has 2 rings (SSSR count). The van der Waals surface area contributed by atoms with Crippen molar-refractivity contribution in [2.75, 3.05) is 6.61 Å². The molecule has 0 bridgehead atoms. The van der Waals surface area contributed by atoms with Gasteiger partial charge in [0.25, 0.3) is 0 Å². The van der Waals surface area contributed by atoms with Crippen molar-refractivity contribution in [3.05, 3.63) is 54.6 Å². The topological polar surface area (TPSA) is 35.2 Å². The minimum Gasteiger partial charge on any atom is -0.493 e. The smallest absolute Gasteiger partial charge is 0.123 e. The summed E-state index contributed by atoms with van der Waals surface area (Å²) in [5.41, 5.74) is 7.21. The average Bonchev–Trinajstić information content (AvgIpc) is 2.45. The van der Waals surface area contributed by atoms with E-state index in [1.54, 1.807) is 0 Å². The number of nitrogens with two attached hydrogens (primary N) is 1. The number of unbranched alkanes of at least 4 members (excludes halogenated alkanes) is 1. The molecule has 2 aromatic rings. The second-order valence-corrected chi connectivity index (χ2v) is 5.22. The molecule has 20 heavy (non-hydrogen) atoms. The van der Waals surface area contributed by atoms with Gasteiger partial charge in [-0.25, -0.2) is 0 Å². The Morgan fingerprint density at radius 3 is 2.80 bits per heavy atom. The van der Waals surface area contributed by atoms with E-state index < -0.39 is 0 Å². The molecular formula is C18H23NO. The molecule has 1 unspecified atom stereocenters. The number of hydrogen-bond acceptors (Lipinski definition) is 2. The zero-order chi connectivity index (χ0) is 14.4. The van der Waals surface area contributed by atoms with Crippen LogP contribution in [-0.2, 0) is 6.42 Å². The van der Waals surface area contributed by atoms with E-state index in [0.29, 0.717) is 0 Å². The van der Waals surface area contributed by atoms with Gasteiger partial charge in [0.05, 0.1) is 6.61 Å². The largest absolute Gasteiger partial charge is 0.493 e. The number of benzene rings is 2. The molecule has 2 aromatic carbocycles. The van der Waals surface area contributed by atoms with Crippen molar-refractivity contribution in [1.29, 1.82) is 0 Å². The Labute approximate surface area is 121 Å². The SMILES string of the molecule is C=CCCCOc1ccc2ccccc2c1CC(C)N. The van der Waals surface area contributed by atoms with Crippen LogP contribution in [0.2, 0.25) is 0 Å². The summed E-state index contributed by atoms with van der Waals surface area (Å²) in [6, 6.07) is 12.7. The summed E-state index contributed by atoms with van der Waals surface area (Å²) in [5, 5.41) is 2.48. The Morgan fingerprint density at radius 1 is 1.25 bits per heavy atom. The minimum absolute atomic E-state index is 0.122. The van der Waals surface area contributed by atoms with E-state index in [4.69, 9.17) is 10.5 Å². The Bertz CT molecular complexity index is 575. The molecule has 0 aliphatic rings. The molecule has 2 nitrogen and oxygen atoms in total. The highest BCUT2D eigenvalue weighted by atomic mass is 16.5. The zero-order valence-electron chi connectivity index (χ0n) is 12.1. The van der Waals surface area contributed by atoms with Crippen LogP contribution in [-0.4, -0.2) is 12.6 Å². The zero-order valence-corrected chi connectivity index (χ0v) is 12.1. The van der Waals surface area contributed by atoms with E-state index in [1.165, 1.54) is 16.3 Å². The van der Waals surface area contributed by atoms with Crippen molar-refractivity contribution in [2.24, 2.45) is 5.73 Å². The maximum atomic E-state index is 5.99. The maximum Gasteiger partial charge on any atom is 0.123 e. The monoisotopic (exact) mass is 269 g/mol. The van der Waals surface area contributed by atoms with Gasteiger partial charge in [0.2, 0.25) is 0 Å². The highest BCUT2D eigenvalue weighted by Gasteiger charge is 2.10. The summed E-state index contributed by atoms with van der Waals surface area (Å²) in [6.45, 7) is 6.48. The lowest BCUT2D eigenvalue weighted by Crippen LogP contribution is -2.18. The van der Waals surface area contributed by atoms with Crippen LogP contribution < -0.4 is 10.5 Å². The Balaban J connectivity index is 2.29. The average molecular weight is 269 g/mol. The molecule has 0 aliphatic carbocycles. The van der Waals surface area contributed by atoms with Crippen LogP contribution in [0.3, 0.4) is 0 Å². The fourth-order valence-corrected chi connectivity index (χ4v) is 2.39. The molecule has 0 amide bonds. The molecule has 2 N–H and O–H groups in total.